The molecular formula is C12H24N2O2. The smallest absolute Gasteiger partial charge is 0.220 e. The summed E-state index contributed by atoms with van der Waals surface area (Å²) in [6, 6.07) is 0. The van der Waals surface area contributed by atoms with Gasteiger partial charge in [0.15, 0.2) is 0 Å². The van der Waals surface area contributed by atoms with Crippen LogP contribution in [0.5, 0.6) is 0 Å². The average Bonchev–Trinajstić information content (AvgIpc) is 2.28. The number of hydrogen-bond acceptors (Lipinski definition) is 3. The van der Waals surface area contributed by atoms with Crippen LogP contribution in [0.1, 0.15) is 32.6 Å². The zero-order valence-corrected chi connectivity index (χ0v) is 10.5. The van der Waals surface area contributed by atoms with E-state index in [1.165, 1.54) is 0 Å². The highest BCUT2D eigenvalue weighted by Gasteiger charge is 2.26. The first kappa shape index (κ1) is 13.5. The maximum Gasteiger partial charge on any atom is 0.220 e. The highest BCUT2D eigenvalue weighted by Crippen LogP contribution is 2.26. The Morgan fingerprint density at radius 1 is 1.44 bits per heavy atom. The second-order valence-corrected chi connectivity index (χ2v) is 4.93. The first-order chi connectivity index (χ1) is 7.66. The number of carbonyl (C=O) groups is 1. The van der Waals surface area contributed by atoms with Crippen LogP contribution in [0.2, 0.25) is 0 Å². The fraction of sp³-hybridized carbons (Fsp3) is 0.917. The topological polar surface area (TPSA) is 50.4 Å². The summed E-state index contributed by atoms with van der Waals surface area (Å²) in [5.74, 6) is 0.150. The van der Waals surface area contributed by atoms with E-state index in [9.17, 15) is 4.79 Å². The molecule has 0 aromatic heterocycles. The third-order valence-electron chi connectivity index (χ3n) is 3.28. The maximum atomic E-state index is 11.5. The minimum absolute atomic E-state index is 0.150. The van der Waals surface area contributed by atoms with E-state index in [4.69, 9.17) is 4.74 Å². The van der Waals surface area contributed by atoms with Gasteiger partial charge in [0.2, 0.25) is 5.91 Å². The van der Waals surface area contributed by atoms with E-state index in [0.29, 0.717) is 13.0 Å². The first-order valence-electron chi connectivity index (χ1n) is 6.13. The van der Waals surface area contributed by atoms with Gasteiger partial charge in [-0.3, -0.25) is 4.79 Å². The molecule has 0 bridgehead atoms. The molecule has 0 spiro atoms. The first-order valence-corrected chi connectivity index (χ1v) is 6.13. The molecule has 0 radical (unpaired) electrons. The molecule has 94 valence electrons. The summed E-state index contributed by atoms with van der Waals surface area (Å²) in [5, 5.41) is 6.37. The quantitative estimate of drug-likeness (QED) is 0.665. The monoisotopic (exact) mass is 228 g/mol. The van der Waals surface area contributed by atoms with Gasteiger partial charge in [0.1, 0.15) is 0 Å². The molecule has 0 atom stereocenters. The number of carbonyl (C=O) groups excluding carboxylic acids is 1. The Bertz CT molecular complexity index is 213. The van der Waals surface area contributed by atoms with Crippen molar-refractivity contribution in [2.75, 3.05) is 33.4 Å². The van der Waals surface area contributed by atoms with E-state index < -0.39 is 0 Å². The molecule has 4 nitrogen and oxygen atoms in total. The van der Waals surface area contributed by atoms with Crippen molar-refractivity contribution in [3.8, 4) is 0 Å². The predicted octanol–water partition coefficient (Wildman–Crippen LogP) is 0.919. The van der Waals surface area contributed by atoms with Crippen molar-refractivity contribution < 1.29 is 9.53 Å². The SMILES string of the molecule is COCCCC(=O)NCC1(C)CCNCC1. The van der Waals surface area contributed by atoms with E-state index in [0.717, 1.165) is 38.9 Å². The van der Waals surface area contributed by atoms with Gasteiger partial charge in [0, 0.05) is 26.7 Å². The molecule has 1 aliphatic rings. The summed E-state index contributed by atoms with van der Waals surface area (Å²) in [5.41, 5.74) is 0.280. The largest absolute Gasteiger partial charge is 0.385 e. The highest BCUT2D eigenvalue weighted by atomic mass is 16.5. The van der Waals surface area contributed by atoms with Crippen molar-refractivity contribution in [2.24, 2.45) is 5.41 Å². The van der Waals surface area contributed by atoms with Gasteiger partial charge in [-0.05, 0) is 37.8 Å². The van der Waals surface area contributed by atoms with Crippen LogP contribution >= 0.6 is 0 Å². The molecule has 2 N–H and O–H groups in total. The van der Waals surface area contributed by atoms with Crippen molar-refractivity contribution in [2.45, 2.75) is 32.6 Å². The zero-order chi connectivity index (χ0) is 11.9. The van der Waals surface area contributed by atoms with Crippen LogP contribution in [0.4, 0.5) is 0 Å². The standard InChI is InChI=1S/C12H24N2O2/c1-12(5-7-13-8-6-12)10-14-11(15)4-3-9-16-2/h13H,3-10H2,1-2H3,(H,14,15). The summed E-state index contributed by atoms with van der Waals surface area (Å²) < 4.78 is 4.92. The Morgan fingerprint density at radius 3 is 2.75 bits per heavy atom. The molecule has 1 fully saturated rings. The van der Waals surface area contributed by atoms with Gasteiger partial charge >= 0.3 is 0 Å². The van der Waals surface area contributed by atoms with Crippen molar-refractivity contribution >= 4 is 5.91 Å². The predicted molar refractivity (Wildman–Crippen MR) is 64.3 cm³/mol. The van der Waals surface area contributed by atoms with Crippen LogP contribution in [0.3, 0.4) is 0 Å². The lowest BCUT2D eigenvalue weighted by atomic mass is 9.81. The van der Waals surface area contributed by atoms with Crippen molar-refractivity contribution in [3.63, 3.8) is 0 Å². The van der Waals surface area contributed by atoms with Gasteiger partial charge in [-0.25, -0.2) is 0 Å². The summed E-state index contributed by atoms with van der Waals surface area (Å²) >= 11 is 0. The van der Waals surface area contributed by atoms with E-state index in [1.54, 1.807) is 7.11 Å². The maximum absolute atomic E-state index is 11.5. The van der Waals surface area contributed by atoms with Crippen molar-refractivity contribution in [1.82, 2.24) is 10.6 Å². The van der Waals surface area contributed by atoms with Gasteiger partial charge in [0.25, 0.3) is 0 Å². The normalized spacial score (nSPS) is 19.4. The lowest BCUT2D eigenvalue weighted by Crippen LogP contribution is -2.42. The van der Waals surface area contributed by atoms with E-state index in [1.807, 2.05) is 0 Å². The summed E-state index contributed by atoms with van der Waals surface area (Å²) in [4.78, 5) is 11.5. The number of piperidine rings is 1. The van der Waals surface area contributed by atoms with Crippen LogP contribution in [-0.4, -0.2) is 39.3 Å². The van der Waals surface area contributed by atoms with Gasteiger partial charge in [-0.15, -0.1) is 0 Å². The molecule has 0 saturated carbocycles. The average molecular weight is 228 g/mol. The molecule has 16 heavy (non-hydrogen) atoms. The van der Waals surface area contributed by atoms with Gasteiger partial charge in [0.05, 0.1) is 0 Å². The van der Waals surface area contributed by atoms with Crippen LogP contribution in [0.15, 0.2) is 0 Å². The minimum Gasteiger partial charge on any atom is -0.385 e. The third-order valence-corrected chi connectivity index (χ3v) is 3.28. The Kier molecular flexibility index (Phi) is 5.77. The van der Waals surface area contributed by atoms with Gasteiger partial charge in [-0.2, -0.15) is 0 Å². The summed E-state index contributed by atoms with van der Waals surface area (Å²) in [6.07, 6.45) is 3.67. The molecule has 1 aliphatic heterocycles. The molecule has 0 aliphatic carbocycles. The number of amides is 1. The Morgan fingerprint density at radius 2 is 2.12 bits per heavy atom. The molecule has 0 unspecified atom stereocenters. The summed E-state index contributed by atoms with van der Waals surface area (Å²) in [7, 11) is 1.66. The molecule has 1 saturated heterocycles. The molecule has 1 amide bonds. The second-order valence-electron chi connectivity index (χ2n) is 4.93. The van der Waals surface area contributed by atoms with Crippen LogP contribution in [-0.2, 0) is 9.53 Å². The fourth-order valence-electron chi connectivity index (χ4n) is 1.98. The zero-order valence-electron chi connectivity index (χ0n) is 10.5. The summed E-state index contributed by atoms with van der Waals surface area (Å²) in [6.45, 7) is 5.85. The fourth-order valence-corrected chi connectivity index (χ4v) is 1.98. The van der Waals surface area contributed by atoms with Crippen molar-refractivity contribution in [1.29, 1.82) is 0 Å². The number of methoxy groups -OCH3 is 1. The number of hydrogen-bond donors (Lipinski definition) is 2. The number of nitrogens with one attached hydrogen (secondary N) is 2. The van der Waals surface area contributed by atoms with Crippen LogP contribution < -0.4 is 10.6 Å². The molecule has 0 aromatic carbocycles. The second kappa shape index (κ2) is 6.86. The van der Waals surface area contributed by atoms with Gasteiger partial charge in [-0.1, -0.05) is 6.92 Å². The van der Waals surface area contributed by atoms with E-state index in [2.05, 4.69) is 17.6 Å². The van der Waals surface area contributed by atoms with Crippen LogP contribution in [0, 0.1) is 5.41 Å². The Labute approximate surface area is 98.1 Å². The lowest BCUT2D eigenvalue weighted by molar-refractivity contribution is -0.122. The number of ether oxygens (including phenoxy) is 1. The van der Waals surface area contributed by atoms with Crippen molar-refractivity contribution in [3.05, 3.63) is 0 Å². The molecule has 1 rings (SSSR count). The third kappa shape index (κ3) is 4.94. The molecular weight excluding hydrogens is 204 g/mol. The lowest BCUT2D eigenvalue weighted by Gasteiger charge is -2.34. The molecule has 4 heteroatoms. The van der Waals surface area contributed by atoms with E-state index >= 15 is 0 Å². The Hall–Kier alpha value is -0.610. The Balaban J connectivity index is 2.14. The van der Waals surface area contributed by atoms with E-state index in [-0.39, 0.29) is 11.3 Å². The molecule has 1 heterocycles. The van der Waals surface area contributed by atoms with Gasteiger partial charge < -0.3 is 15.4 Å². The van der Waals surface area contributed by atoms with Crippen LogP contribution in [0.25, 0.3) is 0 Å². The number of rotatable bonds is 6. The highest BCUT2D eigenvalue weighted by molar-refractivity contribution is 5.75. The minimum atomic E-state index is 0.150. The molecule has 0 aromatic rings.